The van der Waals surface area contributed by atoms with Gasteiger partial charge in [0.2, 0.25) is 0 Å². The van der Waals surface area contributed by atoms with Gasteiger partial charge in [0.15, 0.2) is 17.5 Å². The van der Waals surface area contributed by atoms with E-state index in [1.165, 1.54) is 0 Å². The van der Waals surface area contributed by atoms with Crippen LogP contribution >= 0.6 is 35.6 Å². The van der Waals surface area contributed by atoms with Gasteiger partial charge >= 0.3 is 0 Å². The lowest BCUT2D eigenvalue weighted by molar-refractivity contribution is 0.294. The summed E-state index contributed by atoms with van der Waals surface area (Å²) in [5.41, 5.74) is 2.18. The molecule has 0 radical (unpaired) electrons. The van der Waals surface area contributed by atoms with Crippen LogP contribution in [0.25, 0.3) is 0 Å². The van der Waals surface area contributed by atoms with Crippen molar-refractivity contribution in [2.75, 3.05) is 26.8 Å². The van der Waals surface area contributed by atoms with E-state index >= 15 is 0 Å². The summed E-state index contributed by atoms with van der Waals surface area (Å²) < 4.78 is 11.1. The number of methoxy groups -OCH3 is 1. The molecule has 0 aliphatic rings. The highest BCUT2D eigenvalue weighted by atomic mass is 127. The summed E-state index contributed by atoms with van der Waals surface area (Å²) >= 11 is 5.82. The van der Waals surface area contributed by atoms with Crippen LogP contribution in [0, 0.1) is 0 Å². The highest BCUT2D eigenvalue weighted by Crippen LogP contribution is 2.28. The maximum atomic E-state index is 5.82. The van der Waals surface area contributed by atoms with E-state index in [-0.39, 0.29) is 24.0 Å². The zero-order chi connectivity index (χ0) is 20.2. The van der Waals surface area contributed by atoms with Crippen molar-refractivity contribution in [2.45, 2.75) is 33.2 Å². The highest BCUT2D eigenvalue weighted by molar-refractivity contribution is 14.0. The van der Waals surface area contributed by atoms with Gasteiger partial charge in [-0.25, -0.2) is 9.98 Å². The van der Waals surface area contributed by atoms with Gasteiger partial charge in [-0.1, -0.05) is 30.7 Å². The molecule has 0 fully saturated rings. The summed E-state index contributed by atoms with van der Waals surface area (Å²) in [6, 6.07) is 9.71. The van der Waals surface area contributed by atoms with Gasteiger partial charge in [0.1, 0.15) is 5.15 Å². The Bertz CT molecular complexity index is 757. The standard InChI is InChI=1S/C21H29ClN4O2.HI/c1-4-12-28-18-8-6-17(13-19(18)27-3)15-26-21(23-5-2)24-11-10-16-7-9-20(22)25-14-16;/h6-9,13-14H,4-5,10-12,15H2,1-3H3,(H2,23,24,26);1H. The quantitative estimate of drug-likeness (QED) is 0.205. The molecule has 1 aromatic heterocycles. The second-order valence-corrected chi connectivity index (χ2v) is 6.58. The minimum absolute atomic E-state index is 0. The molecule has 2 aromatic rings. The van der Waals surface area contributed by atoms with Crippen molar-refractivity contribution in [2.24, 2.45) is 4.99 Å². The third-order valence-corrected chi connectivity index (χ3v) is 4.17. The van der Waals surface area contributed by atoms with Crippen molar-refractivity contribution in [3.8, 4) is 11.5 Å². The molecule has 2 rings (SSSR count). The molecule has 0 bridgehead atoms. The highest BCUT2D eigenvalue weighted by Gasteiger charge is 2.06. The Hall–Kier alpha value is -1.74. The first kappa shape index (κ1) is 25.3. The molecule has 2 N–H and O–H groups in total. The van der Waals surface area contributed by atoms with Crippen LogP contribution in [-0.4, -0.2) is 37.7 Å². The zero-order valence-corrected chi connectivity index (χ0v) is 20.3. The van der Waals surface area contributed by atoms with Crippen LogP contribution in [0.15, 0.2) is 41.5 Å². The molecule has 29 heavy (non-hydrogen) atoms. The smallest absolute Gasteiger partial charge is 0.191 e. The Morgan fingerprint density at radius 1 is 1.10 bits per heavy atom. The Morgan fingerprint density at radius 3 is 2.55 bits per heavy atom. The molecule has 6 nitrogen and oxygen atoms in total. The van der Waals surface area contributed by atoms with Crippen LogP contribution in [0.4, 0.5) is 0 Å². The number of hydrogen-bond donors (Lipinski definition) is 2. The first-order chi connectivity index (χ1) is 13.7. The molecular weight excluding hydrogens is 503 g/mol. The van der Waals surface area contributed by atoms with Crippen molar-refractivity contribution >= 4 is 41.5 Å². The van der Waals surface area contributed by atoms with Gasteiger partial charge in [-0.3, -0.25) is 0 Å². The normalized spacial score (nSPS) is 10.8. The molecule has 1 aromatic carbocycles. The summed E-state index contributed by atoms with van der Waals surface area (Å²) in [5, 5.41) is 7.11. The third kappa shape index (κ3) is 9.08. The Labute approximate surface area is 195 Å². The SMILES string of the molecule is CCCOc1ccc(CN=C(NCC)NCCc2ccc(Cl)nc2)cc1OC.I. The molecule has 1 heterocycles. The van der Waals surface area contributed by atoms with Crippen LogP contribution in [0.1, 0.15) is 31.4 Å². The van der Waals surface area contributed by atoms with Crippen LogP contribution in [0.3, 0.4) is 0 Å². The Morgan fingerprint density at radius 2 is 1.90 bits per heavy atom. The predicted octanol–water partition coefficient (Wildman–Crippen LogP) is 4.45. The molecule has 0 unspecified atom stereocenters. The lowest BCUT2D eigenvalue weighted by Gasteiger charge is -2.13. The number of aromatic nitrogens is 1. The van der Waals surface area contributed by atoms with Crippen molar-refractivity contribution in [1.29, 1.82) is 0 Å². The summed E-state index contributed by atoms with van der Waals surface area (Å²) in [6.45, 7) is 6.88. The average molecular weight is 533 g/mol. The van der Waals surface area contributed by atoms with Crippen LogP contribution in [0.5, 0.6) is 11.5 Å². The molecule has 160 valence electrons. The van der Waals surface area contributed by atoms with Crippen molar-refractivity contribution in [3.05, 3.63) is 52.8 Å². The van der Waals surface area contributed by atoms with Crippen molar-refractivity contribution in [1.82, 2.24) is 15.6 Å². The van der Waals surface area contributed by atoms with Gasteiger partial charge in [-0.15, -0.1) is 24.0 Å². The van der Waals surface area contributed by atoms with Gasteiger partial charge in [0, 0.05) is 19.3 Å². The van der Waals surface area contributed by atoms with Gasteiger partial charge in [0.25, 0.3) is 0 Å². The average Bonchev–Trinajstić information content (AvgIpc) is 2.72. The third-order valence-electron chi connectivity index (χ3n) is 3.95. The molecular formula is C21H30ClIN4O2. The van der Waals surface area contributed by atoms with E-state index < -0.39 is 0 Å². The first-order valence-electron chi connectivity index (χ1n) is 9.58. The monoisotopic (exact) mass is 532 g/mol. The van der Waals surface area contributed by atoms with E-state index in [2.05, 4.69) is 27.5 Å². The van der Waals surface area contributed by atoms with E-state index in [9.17, 15) is 0 Å². The number of ether oxygens (including phenoxy) is 2. The molecule has 0 amide bonds. The van der Waals surface area contributed by atoms with E-state index in [1.54, 1.807) is 19.4 Å². The van der Waals surface area contributed by atoms with E-state index in [4.69, 9.17) is 21.1 Å². The van der Waals surface area contributed by atoms with Crippen molar-refractivity contribution < 1.29 is 9.47 Å². The van der Waals surface area contributed by atoms with E-state index in [0.717, 1.165) is 54.5 Å². The first-order valence-corrected chi connectivity index (χ1v) is 9.96. The lowest BCUT2D eigenvalue weighted by atomic mass is 10.2. The second-order valence-electron chi connectivity index (χ2n) is 6.19. The van der Waals surface area contributed by atoms with Crippen LogP contribution < -0.4 is 20.1 Å². The second kappa shape index (κ2) is 14.3. The number of halogens is 2. The molecule has 0 saturated carbocycles. The molecule has 0 aliphatic heterocycles. The van der Waals surface area contributed by atoms with Gasteiger partial charge in [-0.05, 0) is 49.1 Å². The van der Waals surface area contributed by atoms with Gasteiger partial charge < -0.3 is 20.1 Å². The number of rotatable bonds is 10. The molecule has 0 spiro atoms. The number of benzene rings is 1. The molecule has 8 heteroatoms. The number of guanidine groups is 1. The summed E-state index contributed by atoms with van der Waals surface area (Å²) in [6.07, 6.45) is 3.59. The van der Waals surface area contributed by atoms with E-state index in [1.807, 2.05) is 31.2 Å². The minimum Gasteiger partial charge on any atom is -0.493 e. The number of pyridine rings is 1. The largest absolute Gasteiger partial charge is 0.493 e. The van der Waals surface area contributed by atoms with Crippen LogP contribution in [0.2, 0.25) is 5.15 Å². The molecule has 0 atom stereocenters. The Balaban J connectivity index is 0.00000420. The minimum atomic E-state index is 0. The predicted molar refractivity (Wildman–Crippen MR) is 130 cm³/mol. The summed E-state index contributed by atoms with van der Waals surface area (Å²) in [4.78, 5) is 8.76. The lowest BCUT2D eigenvalue weighted by Crippen LogP contribution is -2.38. The fourth-order valence-electron chi connectivity index (χ4n) is 2.53. The van der Waals surface area contributed by atoms with Gasteiger partial charge in [0.05, 0.1) is 20.3 Å². The number of hydrogen-bond acceptors (Lipinski definition) is 4. The van der Waals surface area contributed by atoms with E-state index in [0.29, 0.717) is 18.3 Å². The summed E-state index contributed by atoms with van der Waals surface area (Å²) in [5.74, 6) is 2.27. The molecule has 0 saturated heterocycles. The maximum Gasteiger partial charge on any atom is 0.191 e. The van der Waals surface area contributed by atoms with Crippen LogP contribution in [-0.2, 0) is 13.0 Å². The molecule has 0 aliphatic carbocycles. The van der Waals surface area contributed by atoms with Gasteiger partial charge in [-0.2, -0.15) is 0 Å². The number of nitrogens with zero attached hydrogens (tertiary/aromatic N) is 2. The Kier molecular flexibility index (Phi) is 12.5. The summed E-state index contributed by atoms with van der Waals surface area (Å²) in [7, 11) is 1.65. The zero-order valence-electron chi connectivity index (χ0n) is 17.2. The maximum absolute atomic E-state index is 5.82. The fraction of sp³-hybridized carbons (Fsp3) is 0.429. The number of nitrogens with one attached hydrogen (secondary N) is 2. The topological polar surface area (TPSA) is 67.8 Å². The van der Waals surface area contributed by atoms with Crippen molar-refractivity contribution in [3.63, 3.8) is 0 Å². The fourth-order valence-corrected chi connectivity index (χ4v) is 2.65. The number of aliphatic imine (C=N–C) groups is 1.